The van der Waals surface area contributed by atoms with Crippen LogP contribution < -0.4 is 16.2 Å². The van der Waals surface area contributed by atoms with Crippen LogP contribution in [0.1, 0.15) is 76.2 Å². The Morgan fingerprint density at radius 1 is 1.15 bits per heavy atom. The minimum Gasteiger partial charge on any atom is -0.468 e. The molecule has 1 saturated carbocycles. The zero-order valence-electron chi connectivity index (χ0n) is 24.1. The largest absolute Gasteiger partial charge is 0.468 e. The monoisotopic (exact) mass is 582 g/mol. The SMILES string of the molecule is CC1=C(C(=O)N(C(=O)c2csc(N(CC(C)C)C3CC3)n2)[C@H](C=O)CC(C)C)N(C(=O)NN)C(c2ccccc2)O1. The number of anilines is 1. The van der Waals surface area contributed by atoms with Crippen LogP contribution in [0.5, 0.6) is 0 Å². The molecule has 1 fully saturated rings. The van der Waals surface area contributed by atoms with Gasteiger partial charge in [-0.25, -0.2) is 20.5 Å². The van der Waals surface area contributed by atoms with Crippen LogP contribution in [-0.4, -0.2) is 57.5 Å². The van der Waals surface area contributed by atoms with Gasteiger partial charge in [-0.1, -0.05) is 58.0 Å². The number of allylic oxidation sites excluding steroid dienone is 1. The topological polar surface area (TPSA) is 138 Å². The normalized spacial score (nSPS) is 17.5. The van der Waals surface area contributed by atoms with E-state index >= 15 is 0 Å². The number of aromatic nitrogens is 1. The summed E-state index contributed by atoms with van der Waals surface area (Å²) in [5.74, 6) is 4.45. The van der Waals surface area contributed by atoms with Crippen molar-refractivity contribution in [1.82, 2.24) is 20.2 Å². The molecule has 0 bridgehead atoms. The molecule has 1 aromatic heterocycles. The van der Waals surface area contributed by atoms with Gasteiger partial charge in [-0.3, -0.25) is 19.9 Å². The summed E-state index contributed by atoms with van der Waals surface area (Å²) < 4.78 is 5.97. The highest BCUT2D eigenvalue weighted by molar-refractivity contribution is 7.14. The molecule has 1 aliphatic heterocycles. The van der Waals surface area contributed by atoms with E-state index < -0.39 is 30.1 Å². The second-order valence-electron chi connectivity index (χ2n) is 11.2. The van der Waals surface area contributed by atoms with Crippen molar-refractivity contribution in [3.8, 4) is 0 Å². The third kappa shape index (κ3) is 6.59. The number of aldehydes is 1. The Balaban J connectivity index is 1.73. The van der Waals surface area contributed by atoms with E-state index in [9.17, 15) is 19.2 Å². The third-order valence-corrected chi connectivity index (χ3v) is 7.75. The maximum absolute atomic E-state index is 14.3. The van der Waals surface area contributed by atoms with Crippen molar-refractivity contribution in [3.63, 3.8) is 0 Å². The van der Waals surface area contributed by atoms with Gasteiger partial charge in [0.1, 0.15) is 17.7 Å². The maximum Gasteiger partial charge on any atom is 0.339 e. The van der Waals surface area contributed by atoms with Gasteiger partial charge in [-0.15, -0.1) is 11.3 Å². The van der Waals surface area contributed by atoms with Crippen molar-refractivity contribution in [2.24, 2.45) is 17.7 Å². The summed E-state index contributed by atoms with van der Waals surface area (Å²) >= 11 is 1.34. The predicted octanol–water partition coefficient (Wildman–Crippen LogP) is 4.20. The molecule has 0 saturated heterocycles. The molecule has 1 aliphatic carbocycles. The first-order valence-electron chi connectivity index (χ1n) is 13.8. The average molecular weight is 583 g/mol. The van der Waals surface area contributed by atoms with Gasteiger partial charge in [0.2, 0.25) is 6.23 Å². The number of hydrazine groups is 1. The number of amides is 4. The summed E-state index contributed by atoms with van der Waals surface area (Å²) in [6.45, 7) is 10.4. The van der Waals surface area contributed by atoms with Crippen LogP contribution >= 0.6 is 11.3 Å². The lowest BCUT2D eigenvalue weighted by atomic mass is 10.0. The molecule has 4 rings (SSSR count). The lowest BCUT2D eigenvalue weighted by Gasteiger charge is -2.30. The lowest BCUT2D eigenvalue weighted by molar-refractivity contribution is -0.131. The number of nitrogens with two attached hydrogens (primary N) is 1. The zero-order chi connectivity index (χ0) is 29.8. The Bertz CT molecular complexity index is 1310. The highest BCUT2D eigenvalue weighted by Crippen LogP contribution is 2.38. The van der Waals surface area contributed by atoms with Crippen LogP contribution in [0.25, 0.3) is 0 Å². The van der Waals surface area contributed by atoms with Gasteiger partial charge in [-0.05, 0) is 38.0 Å². The van der Waals surface area contributed by atoms with Gasteiger partial charge >= 0.3 is 6.03 Å². The molecule has 1 unspecified atom stereocenters. The van der Waals surface area contributed by atoms with Gasteiger partial charge in [-0.2, -0.15) is 0 Å². The first-order valence-corrected chi connectivity index (χ1v) is 14.7. The van der Waals surface area contributed by atoms with E-state index in [4.69, 9.17) is 10.6 Å². The first-order chi connectivity index (χ1) is 19.6. The predicted molar refractivity (Wildman–Crippen MR) is 155 cm³/mol. The Morgan fingerprint density at radius 2 is 1.83 bits per heavy atom. The number of rotatable bonds is 11. The second kappa shape index (κ2) is 12.8. The molecule has 0 spiro atoms. The third-order valence-electron chi connectivity index (χ3n) is 6.87. The molecule has 1 aromatic carbocycles. The Kier molecular flexibility index (Phi) is 9.44. The van der Waals surface area contributed by atoms with Gasteiger partial charge in [0.25, 0.3) is 11.8 Å². The maximum atomic E-state index is 14.3. The fourth-order valence-electron chi connectivity index (χ4n) is 4.92. The molecular weight excluding hydrogens is 544 g/mol. The first kappa shape index (κ1) is 30.2. The summed E-state index contributed by atoms with van der Waals surface area (Å²) in [7, 11) is 0. The van der Waals surface area contributed by atoms with Crippen molar-refractivity contribution in [2.75, 3.05) is 11.4 Å². The molecule has 0 radical (unpaired) electrons. The molecule has 11 nitrogen and oxygen atoms in total. The molecule has 3 N–H and O–H groups in total. The molecule has 41 heavy (non-hydrogen) atoms. The van der Waals surface area contributed by atoms with Gasteiger partial charge < -0.3 is 14.4 Å². The van der Waals surface area contributed by atoms with Crippen molar-refractivity contribution < 1.29 is 23.9 Å². The number of imide groups is 1. The van der Waals surface area contributed by atoms with Crippen LogP contribution in [-0.2, 0) is 14.3 Å². The fraction of sp³-hybridized carbons (Fsp3) is 0.483. The summed E-state index contributed by atoms with van der Waals surface area (Å²) in [6, 6.07) is 7.35. The van der Waals surface area contributed by atoms with E-state index in [-0.39, 0.29) is 29.5 Å². The smallest absolute Gasteiger partial charge is 0.339 e. The number of carbonyl (C=O) groups excluding carboxylic acids is 4. The molecule has 2 atom stereocenters. The summed E-state index contributed by atoms with van der Waals surface area (Å²) in [5, 5.41) is 2.32. The summed E-state index contributed by atoms with van der Waals surface area (Å²) in [5.41, 5.74) is 2.55. The van der Waals surface area contributed by atoms with E-state index in [0.29, 0.717) is 28.9 Å². The summed E-state index contributed by atoms with van der Waals surface area (Å²) in [6.07, 6.45) is 1.96. The van der Waals surface area contributed by atoms with Crippen molar-refractivity contribution in [2.45, 2.75) is 72.2 Å². The molecule has 4 amide bonds. The second-order valence-corrected chi connectivity index (χ2v) is 12.0. The number of nitrogens with one attached hydrogen (secondary N) is 1. The van der Waals surface area contributed by atoms with E-state index in [1.807, 2.05) is 19.9 Å². The van der Waals surface area contributed by atoms with Crippen molar-refractivity contribution >= 4 is 40.6 Å². The summed E-state index contributed by atoms with van der Waals surface area (Å²) in [4.78, 5) is 62.5. The van der Waals surface area contributed by atoms with Gasteiger partial charge in [0.15, 0.2) is 10.8 Å². The average Bonchev–Trinajstić information content (AvgIpc) is 3.56. The molecule has 12 heteroatoms. The molecule has 220 valence electrons. The Hall–Kier alpha value is -3.77. The number of nitrogens with zero attached hydrogens (tertiary/aromatic N) is 4. The molecule has 2 heterocycles. The number of hydrogen-bond acceptors (Lipinski definition) is 9. The van der Waals surface area contributed by atoms with Gasteiger partial charge in [0, 0.05) is 23.5 Å². The quantitative estimate of drug-likeness (QED) is 0.132. The van der Waals surface area contributed by atoms with Gasteiger partial charge in [0.05, 0.1) is 6.04 Å². The van der Waals surface area contributed by atoms with E-state index in [1.54, 1.807) is 29.6 Å². The van der Waals surface area contributed by atoms with E-state index in [2.05, 4.69) is 29.2 Å². The number of ether oxygens (including phenoxy) is 1. The lowest BCUT2D eigenvalue weighted by Crippen LogP contribution is -2.51. The highest BCUT2D eigenvalue weighted by Gasteiger charge is 2.45. The van der Waals surface area contributed by atoms with Crippen LogP contribution in [0.4, 0.5) is 9.93 Å². The molecular formula is C29H38N6O5S. The minimum absolute atomic E-state index is 0.00823. The number of urea groups is 1. The number of thiazole rings is 1. The van der Waals surface area contributed by atoms with Crippen molar-refractivity contribution in [1.29, 1.82) is 0 Å². The van der Waals surface area contributed by atoms with Crippen LogP contribution in [0.15, 0.2) is 47.2 Å². The van der Waals surface area contributed by atoms with Crippen LogP contribution in [0, 0.1) is 11.8 Å². The Labute approximate surface area is 244 Å². The van der Waals surface area contributed by atoms with E-state index in [1.165, 1.54) is 18.3 Å². The minimum atomic E-state index is -1.09. The fourth-order valence-corrected chi connectivity index (χ4v) is 5.80. The van der Waals surface area contributed by atoms with Crippen LogP contribution in [0.2, 0.25) is 0 Å². The van der Waals surface area contributed by atoms with Crippen LogP contribution in [0.3, 0.4) is 0 Å². The number of hydrogen-bond donors (Lipinski definition) is 2. The zero-order valence-corrected chi connectivity index (χ0v) is 24.9. The number of carbonyl (C=O) groups is 4. The highest BCUT2D eigenvalue weighted by atomic mass is 32.1. The molecule has 2 aliphatic rings. The molecule has 2 aromatic rings. The standard InChI is InChI=1S/C29H38N6O5S/c1-17(2)13-22(15-36)34(25(37)23-16-41-29(31-23)33(14-18(3)4)21-11-12-21)26(38)24-19(5)40-27(35(24)28(39)32-30)20-9-7-6-8-10-20/h6-10,15-18,21-22,27H,11-14,30H2,1-5H3,(H,32,39)/t22-,27?/m0/s1. The number of benzene rings is 1. The van der Waals surface area contributed by atoms with Crippen molar-refractivity contribution in [3.05, 3.63) is 58.4 Å². The van der Waals surface area contributed by atoms with E-state index in [0.717, 1.165) is 29.2 Å². The Morgan fingerprint density at radius 3 is 2.39 bits per heavy atom.